The molecule has 0 aliphatic heterocycles. The van der Waals surface area contributed by atoms with Crippen molar-refractivity contribution in [2.24, 2.45) is 0 Å². The molecule has 0 amide bonds. The third-order valence-corrected chi connectivity index (χ3v) is 4.91. The molecule has 0 saturated heterocycles. The van der Waals surface area contributed by atoms with Crippen molar-refractivity contribution in [1.29, 1.82) is 0 Å². The summed E-state index contributed by atoms with van der Waals surface area (Å²) in [7, 11) is 1.51. The van der Waals surface area contributed by atoms with Gasteiger partial charge >= 0.3 is 11.6 Å². The summed E-state index contributed by atoms with van der Waals surface area (Å²) in [6.45, 7) is 5.58. The first-order valence-electron chi connectivity index (χ1n) is 10.1. The Balaban J connectivity index is 1.68. The molecule has 2 heterocycles. The fourth-order valence-electron chi connectivity index (χ4n) is 3.28. The first kappa shape index (κ1) is 20.3. The van der Waals surface area contributed by atoms with Crippen molar-refractivity contribution in [3.63, 3.8) is 0 Å². The Morgan fingerprint density at radius 1 is 1.00 bits per heavy atom. The number of anilines is 3. The van der Waals surface area contributed by atoms with E-state index >= 15 is 0 Å². The molecule has 31 heavy (non-hydrogen) atoms. The molecule has 0 saturated carbocycles. The minimum absolute atomic E-state index is 0.222. The average Bonchev–Trinajstić information content (AvgIpc) is 2.80. The summed E-state index contributed by atoms with van der Waals surface area (Å²) < 4.78 is 10.8. The normalized spacial score (nSPS) is 10.8. The quantitative estimate of drug-likeness (QED) is 0.446. The SMILES string of the molecule is CCN(CC)c1nc(Nc2ccc3cc(-c4ccccc4)c(=O)oc3c2)nc(OC)n1. The molecule has 0 fully saturated rings. The van der Waals surface area contributed by atoms with Gasteiger partial charge in [-0.25, -0.2) is 4.79 Å². The minimum atomic E-state index is -0.387. The lowest BCUT2D eigenvalue weighted by molar-refractivity contribution is 0.379. The van der Waals surface area contributed by atoms with Crippen LogP contribution in [0.5, 0.6) is 6.01 Å². The summed E-state index contributed by atoms with van der Waals surface area (Å²) >= 11 is 0. The number of nitrogens with one attached hydrogen (secondary N) is 1. The minimum Gasteiger partial charge on any atom is -0.467 e. The molecule has 0 aliphatic rings. The van der Waals surface area contributed by atoms with Gasteiger partial charge in [0.05, 0.1) is 12.7 Å². The first-order chi connectivity index (χ1) is 15.1. The molecular weight excluding hydrogens is 394 g/mol. The molecule has 2 aromatic carbocycles. The van der Waals surface area contributed by atoms with Crippen molar-refractivity contribution in [1.82, 2.24) is 15.0 Å². The van der Waals surface area contributed by atoms with E-state index in [2.05, 4.69) is 20.3 Å². The molecule has 1 N–H and O–H groups in total. The standard InChI is InChI=1S/C23H23N5O3/c1-4-28(5-2)22-25-21(26-23(27-22)30-3)24-17-12-11-16-13-18(15-9-7-6-8-10-15)20(29)31-19(16)14-17/h6-14H,4-5H2,1-3H3,(H,24,25,26,27). The molecule has 8 nitrogen and oxygen atoms in total. The number of ether oxygens (including phenoxy) is 1. The van der Waals surface area contributed by atoms with Crippen molar-refractivity contribution in [2.45, 2.75) is 13.8 Å². The van der Waals surface area contributed by atoms with Gasteiger partial charge in [-0.15, -0.1) is 0 Å². The van der Waals surface area contributed by atoms with E-state index in [-0.39, 0.29) is 11.6 Å². The van der Waals surface area contributed by atoms with Gasteiger partial charge < -0.3 is 19.4 Å². The van der Waals surface area contributed by atoms with Gasteiger partial charge in [-0.2, -0.15) is 15.0 Å². The number of hydrogen-bond donors (Lipinski definition) is 1. The topological polar surface area (TPSA) is 93.4 Å². The highest BCUT2D eigenvalue weighted by Crippen LogP contribution is 2.25. The Hall–Kier alpha value is -3.94. The van der Waals surface area contributed by atoms with Crippen molar-refractivity contribution < 1.29 is 9.15 Å². The highest BCUT2D eigenvalue weighted by Gasteiger charge is 2.13. The van der Waals surface area contributed by atoms with E-state index in [1.807, 2.05) is 67.3 Å². The van der Waals surface area contributed by atoms with Crippen LogP contribution in [0.3, 0.4) is 0 Å². The van der Waals surface area contributed by atoms with Gasteiger partial charge in [0, 0.05) is 30.2 Å². The molecule has 0 spiro atoms. The predicted molar refractivity (Wildman–Crippen MR) is 121 cm³/mol. The smallest absolute Gasteiger partial charge is 0.344 e. The zero-order valence-corrected chi connectivity index (χ0v) is 17.6. The summed E-state index contributed by atoms with van der Waals surface area (Å²) in [6, 6.07) is 17.0. The highest BCUT2D eigenvalue weighted by atomic mass is 16.5. The molecule has 0 unspecified atom stereocenters. The summed E-state index contributed by atoms with van der Waals surface area (Å²) in [5.41, 5.74) is 2.12. The molecule has 4 aromatic rings. The number of methoxy groups -OCH3 is 1. The van der Waals surface area contributed by atoms with Gasteiger partial charge in [-0.3, -0.25) is 0 Å². The summed E-state index contributed by atoms with van der Waals surface area (Å²) in [5, 5.41) is 3.97. The van der Waals surface area contributed by atoms with Crippen LogP contribution in [0.2, 0.25) is 0 Å². The van der Waals surface area contributed by atoms with E-state index in [0.29, 0.717) is 28.7 Å². The second kappa shape index (κ2) is 8.83. The van der Waals surface area contributed by atoms with Gasteiger partial charge in [0.15, 0.2) is 0 Å². The predicted octanol–water partition coefficient (Wildman–Crippen LogP) is 4.24. The molecule has 0 radical (unpaired) electrons. The fourth-order valence-corrected chi connectivity index (χ4v) is 3.28. The van der Waals surface area contributed by atoms with Crippen LogP contribution in [0.25, 0.3) is 22.1 Å². The fraction of sp³-hybridized carbons (Fsp3) is 0.217. The van der Waals surface area contributed by atoms with Crippen LogP contribution in [0.15, 0.2) is 63.8 Å². The summed E-state index contributed by atoms with van der Waals surface area (Å²) in [4.78, 5) is 27.6. The maximum atomic E-state index is 12.5. The zero-order chi connectivity index (χ0) is 21.8. The second-order valence-electron chi connectivity index (χ2n) is 6.81. The van der Waals surface area contributed by atoms with Crippen LogP contribution in [0.1, 0.15) is 13.8 Å². The Labute approximate surface area is 179 Å². The van der Waals surface area contributed by atoms with E-state index in [4.69, 9.17) is 9.15 Å². The van der Waals surface area contributed by atoms with Gasteiger partial charge in [0.1, 0.15) is 5.58 Å². The van der Waals surface area contributed by atoms with Gasteiger partial charge in [-0.1, -0.05) is 30.3 Å². The van der Waals surface area contributed by atoms with Crippen molar-refractivity contribution in [3.8, 4) is 17.1 Å². The van der Waals surface area contributed by atoms with E-state index < -0.39 is 0 Å². The second-order valence-corrected chi connectivity index (χ2v) is 6.81. The average molecular weight is 417 g/mol. The Kier molecular flexibility index (Phi) is 5.79. The number of hydrogen-bond acceptors (Lipinski definition) is 8. The van der Waals surface area contributed by atoms with Crippen molar-refractivity contribution in [3.05, 3.63) is 65.0 Å². The lowest BCUT2D eigenvalue weighted by atomic mass is 10.1. The van der Waals surface area contributed by atoms with Gasteiger partial charge in [0.2, 0.25) is 11.9 Å². The van der Waals surface area contributed by atoms with E-state index in [1.165, 1.54) is 7.11 Å². The third-order valence-electron chi connectivity index (χ3n) is 4.91. The number of nitrogens with zero attached hydrogens (tertiary/aromatic N) is 4. The molecular formula is C23H23N5O3. The van der Waals surface area contributed by atoms with Crippen LogP contribution < -0.4 is 20.6 Å². The van der Waals surface area contributed by atoms with Crippen LogP contribution in [-0.2, 0) is 0 Å². The van der Waals surface area contributed by atoms with Crippen LogP contribution in [0, 0.1) is 0 Å². The zero-order valence-electron chi connectivity index (χ0n) is 17.6. The van der Waals surface area contributed by atoms with E-state index in [1.54, 1.807) is 6.07 Å². The van der Waals surface area contributed by atoms with Crippen molar-refractivity contribution in [2.75, 3.05) is 30.4 Å². The Morgan fingerprint density at radius 2 is 1.77 bits per heavy atom. The van der Waals surface area contributed by atoms with Crippen molar-refractivity contribution >= 4 is 28.6 Å². The molecule has 2 aromatic heterocycles. The Bertz CT molecular complexity index is 1250. The molecule has 8 heteroatoms. The van der Waals surface area contributed by atoms with E-state index in [9.17, 15) is 4.79 Å². The lowest BCUT2D eigenvalue weighted by Crippen LogP contribution is -2.25. The van der Waals surface area contributed by atoms with Gasteiger partial charge in [0.25, 0.3) is 0 Å². The van der Waals surface area contributed by atoms with Gasteiger partial charge in [-0.05, 0) is 37.6 Å². The monoisotopic (exact) mass is 417 g/mol. The number of benzene rings is 2. The number of aromatic nitrogens is 3. The molecule has 0 aliphatic carbocycles. The first-order valence-corrected chi connectivity index (χ1v) is 10.1. The molecule has 158 valence electrons. The maximum absolute atomic E-state index is 12.5. The summed E-state index contributed by atoms with van der Waals surface area (Å²) in [5.74, 6) is 0.871. The van der Waals surface area contributed by atoms with Crippen LogP contribution in [0.4, 0.5) is 17.6 Å². The number of fused-ring (bicyclic) bond motifs is 1. The molecule has 0 atom stereocenters. The van der Waals surface area contributed by atoms with Crippen LogP contribution in [-0.4, -0.2) is 35.2 Å². The lowest BCUT2D eigenvalue weighted by Gasteiger charge is -2.19. The Morgan fingerprint density at radius 3 is 2.48 bits per heavy atom. The number of rotatable bonds is 7. The molecule has 4 rings (SSSR count). The van der Waals surface area contributed by atoms with Crippen LogP contribution >= 0.6 is 0 Å². The summed E-state index contributed by atoms with van der Waals surface area (Å²) in [6.07, 6.45) is 0. The third kappa shape index (κ3) is 4.32. The largest absolute Gasteiger partial charge is 0.467 e. The van der Waals surface area contributed by atoms with E-state index in [0.717, 1.165) is 24.0 Å². The maximum Gasteiger partial charge on any atom is 0.344 e. The highest BCUT2D eigenvalue weighted by molar-refractivity contribution is 5.84. The molecule has 0 bridgehead atoms.